The van der Waals surface area contributed by atoms with Gasteiger partial charge in [0.15, 0.2) is 0 Å². The van der Waals surface area contributed by atoms with Gasteiger partial charge in [0.1, 0.15) is 15.7 Å². The van der Waals surface area contributed by atoms with Crippen LogP contribution in [0.1, 0.15) is 47.6 Å². The molecule has 158 valence electrons. The Bertz CT molecular complexity index is 1200. The van der Waals surface area contributed by atoms with E-state index in [0.29, 0.717) is 31.4 Å². The Morgan fingerprint density at radius 1 is 1.23 bits per heavy atom. The van der Waals surface area contributed by atoms with E-state index in [2.05, 4.69) is 10.3 Å². The number of amides is 1. The molecule has 0 saturated heterocycles. The fourth-order valence-corrected chi connectivity index (χ4v) is 4.16. The third-order valence-corrected chi connectivity index (χ3v) is 6.07. The predicted octanol–water partition coefficient (Wildman–Crippen LogP) is 4.49. The smallest absolute Gasteiger partial charge is 0.348 e. The second-order valence-electron chi connectivity index (χ2n) is 7.27. The number of esters is 1. The van der Waals surface area contributed by atoms with Crippen LogP contribution >= 0.6 is 22.9 Å². The number of nitrogens with zero attached hydrogens (tertiary/aromatic N) is 2. The summed E-state index contributed by atoms with van der Waals surface area (Å²) in [5.74, 6) is -0.866. The summed E-state index contributed by atoms with van der Waals surface area (Å²) in [6.07, 6.45) is 1.05. The van der Waals surface area contributed by atoms with Gasteiger partial charge in [-0.05, 0) is 57.9 Å². The maximum atomic E-state index is 13.1. The molecule has 2 aromatic heterocycles. The number of benzene rings is 1. The Balaban J connectivity index is 1.96. The van der Waals surface area contributed by atoms with Crippen LogP contribution in [0.3, 0.4) is 0 Å². The fourth-order valence-electron chi connectivity index (χ4n) is 2.97. The van der Waals surface area contributed by atoms with Crippen LogP contribution in [0.2, 0.25) is 5.02 Å². The maximum Gasteiger partial charge on any atom is 0.348 e. The number of fused-ring (bicyclic) bond motifs is 1. The first-order valence-corrected chi connectivity index (χ1v) is 10.6. The van der Waals surface area contributed by atoms with Crippen LogP contribution in [0.25, 0.3) is 10.2 Å². The number of halogens is 1. The largest absolute Gasteiger partial charge is 0.459 e. The van der Waals surface area contributed by atoms with E-state index in [-0.39, 0.29) is 17.6 Å². The van der Waals surface area contributed by atoms with Crippen molar-refractivity contribution in [2.75, 3.05) is 5.32 Å². The van der Waals surface area contributed by atoms with Crippen LogP contribution in [0.15, 0.2) is 29.3 Å². The Morgan fingerprint density at radius 3 is 2.60 bits per heavy atom. The first-order valence-electron chi connectivity index (χ1n) is 9.38. The molecule has 3 aromatic rings. The number of rotatable bonds is 5. The van der Waals surface area contributed by atoms with Gasteiger partial charge in [-0.2, -0.15) is 0 Å². The molecule has 9 heteroatoms. The van der Waals surface area contributed by atoms with E-state index in [1.54, 1.807) is 45.9 Å². The minimum atomic E-state index is -0.821. The highest BCUT2D eigenvalue weighted by atomic mass is 35.5. The molecule has 30 heavy (non-hydrogen) atoms. The molecule has 1 unspecified atom stereocenters. The third kappa shape index (κ3) is 4.24. The van der Waals surface area contributed by atoms with Crippen LogP contribution in [-0.2, 0) is 9.53 Å². The topological polar surface area (TPSA) is 90.3 Å². The van der Waals surface area contributed by atoms with Gasteiger partial charge in [-0.15, -0.1) is 11.3 Å². The average molecular weight is 448 g/mol. The highest BCUT2D eigenvalue weighted by molar-refractivity contribution is 7.20. The molecular formula is C21H22ClN3O4S. The SMILES string of the molecule is Cc1ccc(Cl)cc1NC(=O)C(C)n1cnc2sc(C(=O)OC(C)C)c(C)c2c1=O. The van der Waals surface area contributed by atoms with Crippen LogP contribution in [-0.4, -0.2) is 27.5 Å². The molecule has 7 nitrogen and oxygen atoms in total. The van der Waals surface area contributed by atoms with Crippen LogP contribution in [0.4, 0.5) is 5.69 Å². The quantitative estimate of drug-likeness (QED) is 0.582. The third-order valence-electron chi connectivity index (χ3n) is 4.66. The molecule has 0 saturated carbocycles. The molecule has 1 atom stereocenters. The second-order valence-corrected chi connectivity index (χ2v) is 8.71. The first kappa shape index (κ1) is 22.0. The lowest BCUT2D eigenvalue weighted by atomic mass is 10.2. The Morgan fingerprint density at radius 2 is 1.93 bits per heavy atom. The summed E-state index contributed by atoms with van der Waals surface area (Å²) >= 11 is 7.12. The standard InChI is InChI=1S/C21H22ClN3O4S/c1-10(2)29-21(28)17-12(4)16-19(30-17)23-9-25(20(16)27)13(5)18(26)24-15-8-14(22)7-6-11(15)3/h6-10,13H,1-5H3,(H,24,26). The molecule has 3 rings (SSSR count). The van der Waals surface area contributed by atoms with Gasteiger partial charge in [-0.1, -0.05) is 17.7 Å². The normalized spacial score (nSPS) is 12.2. The molecule has 0 spiro atoms. The number of hydrogen-bond acceptors (Lipinski definition) is 6. The molecule has 2 heterocycles. The fraction of sp³-hybridized carbons (Fsp3) is 0.333. The zero-order valence-corrected chi connectivity index (χ0v) is 18.9. The van der Waals surface area contributed by atoms with E-state index in [1.165, 1.54) is 10.9 Å². The van der Waals surface area contributed by atoms with Gasteiger partial charge in [-0.3, -0.25) is 14.2 Å². The zero-order valence-electron chi connectivity index (χ0n) is 17.3. The molecule has 0 aliphatic heterocycles. The van der Waals surface area contributed by atoms with Crippen LogP contribution < -0.4 is 10.9 Å². The number of hydrogen-bond donors (Lipinski definition) is 1. The van der Waals surface area contributed by atoms with Crippen molar-refractivity contribution >= 4 is 50.7 Å². The van der Waals surface area contributed by atoms with Crippen LogP contribution in [0.5, 0.6) is 0 Å². The van der Waals surface area contributed by atoms with E-state index < -0.39 is 12.0 Å². The summed E-state index contributed by atoms with van der Waals surface area (Å²) in [5, 5.41) is 3.62. The Kier molecular flexibility index (Phi) is 6.28. The van der Waals surface area contributed by atoms with Gasteiger partial charge in [0.2, 0.25) is 5.91 Å². The summed E-state index contributed by atoms with van der Waals surface area (Å²) < 4.78 is 6.51. The summed E-state index contributed by atoms with van der Waals surface area (Å²) in [5.41, 5.74) is 1.54. The lowest BCUT2D eigenvalue weighted by Gasteiger charge is -2.16. The van der Waals surface area contributed by atoms with Crippen molar-refractivity contribution in [2.45, 2.75) is 46.8 Å². The number of ether oxygens (including phenoxy) is 1. The van der Waals surface area contributed by atoms with Gasteiger partial charge in [-0.25, -0.2) is 9.78 Å². The highest BCUT2D eigenvalue weighted by Gasteiger charge is 2.24. The molecule has 0 bridgehead atoms. The average Bonchev–Trinajstić information content (AvgIpc) is 3.01. The molecule has 0 radical (unpaired) electrons. The van der Waals surface area contributed by atoms with Gasteiger partial charge >= 0.3 is 5.97 Å². The molecule has 1 aromatic carbocycles. The van der Waals surface area contributed by atoms with Crippen molar-refractivity contribution in [3.63, 3.8) is 0 Å². The number of carbonyl (C=O) groups excluding carboxylic acids is 2. The number of anilines is 1. The van der Waals surface area contributed by atoms with Gasteiger partial charge < -0.3 is 10.1 Å². The number of thiophene rings is 1. The van der Waals surface area contributed by atoms with E-state index in [1.807, 2.05) is 6.92 Å². The number of aromatic nitrogens is 2. The number of nitrogens with one attached hydrogen (secondary N) is 1. The van der Waals surface area contributed by atoms with Crippen molar-refractivity contribution in [1.29, 1.82) is 0 Å². The summed E-state index contributed by atoms with van der Waals surface area (Å²) in [6.45, 7) is 8.66. The molecule has 0 aliphatic rings. The van der Waals surface area contributed by atoms with Crippen molar-refractivity contribution in [2.24, 2.45) is 0 Å². The van der Waals surface area contributed by atoms with Gasteiger partial charge in [0, 0.05) is 10.7 Å². The molecular weight excluding hydrogens is 426 g/mol. The summed E-state index contributed by atoms with van der Waals surface area (Å²) in [4.78, 5) is 43.3. The monoisotopic (exact) mass is 447 g/mol. The lowest BCUT2D eigenvalue weighted by molar-refractivity contribution is -0.118. The predicted molar refractivity (Wildman–Crippen MR) is 119 cm³/mol. The van der Waals surface area contributed by atoms with Crippen molar-refractivity contribution in [3.05, 3.63) is 55.9 Å². The Hall–Kier alpha value is -2.71. The second kappa shape index (κ2) is 8.57. The maximum absolute atomic E-state index is 13.1. The Labute approximate surface area is 182 Å². The number of carbonyl (C=O) groups is 2. The first-order chi connectivity index (χ1) is 14.1. The van der Waals surface area contributed by atoms with Gasteiger partial charge in [0.25, 0.3) is 5.56 Å². The minimum Gasteiger partial charge on any atom is -0.459 e. The number of aryl methyl sites for hydroxylation is 2. The molecule has 1 amide bonds. The zero-order chi connectivity index (χ0) is 22.2. The van der Waals surface area contributed by atoms with Gasteiger partial charge in [0.05, 0.1) is 17.8 Å². The molecule has 1 N–H and O–H groups in total. The lowest BCUT2D eigenvalue weighted by Crippen LogP contribution is -2.32. The van der Waals surface area contributed by atoms with Crippen molar-refractivity contribution in [1.82, 2.24) is 9.55 Å². The van der Waals surface area contributed by atoms with E-state index >= 15 is 0 Å². The van der Waals surface area contributed by atoms with Crippen molar-refractivity contribution < 1.29 is 14.3 Å². The van der Waals surface area contributed by atoms with Crippen LogP contribution in [0, 0.1) is 13.8 Å². The minimum absolute atomic E-state index is 0.273. The summed E-state index contributed by atoms with van der Waals surface area (Å²) in [7, 11) is 0. The van der Waals surface area contributed by atoms with Crippen molar-refractivity contribution in [3.8, 4) is 0 Å². The highest BCUT2D eigenvalue weighted by Crippen LogP contribution is 2.28. The summed E-state index contributed by atoms with van der Waals surface area (Å²) in [6, 6.07) is 4.37. The van der Waals surface area contributed by atoms with E-state index in [4.69, 9.17) is 16.3 Å². The van der Waals surface area contributed by atoms with E-state index in [9.17, 15) is 14.4 Å². The molecule has 0 aliphatic carbocycles. The van der Waals surface area contributed by atoms with E-state index in [0.717, 1.165) is 16.9 Å². The molecule has 0 fully saturated rings.